The van der Waals surface area contributed by atoms with Crippen molar-refractivity contribution in [1.29, 1.82) is 0 Å². The molecule has 0 bridgehead atoms. The van der Waals surface area contributed by atoms with E-state index in [1.165, 1.54) is 12.1 Å². The van der Waals surface area contributed by atoms with Gasteiger partial charge >= 0.3 is 0 Å². The zero-order chi connectivity index (χ0) is 13.6. The summed E-state index contributed by atoms with van der Waals surface area (Å²) in [6, 6.07) is 6.67. The van der Waals surface area contributed by atoms with Crippen molar-refractivity contribution in [3.05, 3.63) is 52.7 Å². The van der Waals surface area contributed by atoms with Crippen LogP contribution in [0.25, 0.3) is 10.9 Å². The molecular weight excluding hydrogens is 265 g/mol. The van der Waals surface area contributed by atoms with Crippen molar-refractivity contribution in [1.82, 2.24) is 14.3 Å². The fourth-order valence-electron chi connectivity index (χ4n) is 2.32. The average molecular weight is 278 g/mol. The summed E-state index contributed by atoms with van der Waals surface area (Å²) >= 11 is 6.25. The van der Waals surface area contributed by atoms with Gasteiger partial charge in [-0.15, -0.1) is 0 Å². The highest BCUT2D eigenvalue weighted by Gasteiger charge is 2.12. The second-order valence-electron chi connectivity index (χ2n) is 4.62. The van der Waals surface area contributed by atoms with Crippen molar-refractivity contribution in [2.45, 2.75) is 13.5 Å². The Morgan fingerprint density at radius 2 is 2.11 bits per heavy atom. The Bertz CT molecular complexity index is 757. The van der Waals surface area contributed by atoms with Crippen molar-refractivity contribution in [3.8, 4) is 0 Å². The van der Waals surface area contributed by atoms with Gasteiger partial charge in [0.05, 0.1) is 23.0 Å². The maximum absolute atomic E-state index is 13.2. The lowest BCUT2D eigenvalue weighted by Crippen LogP contribution is -2.05. The Hall–Kier alpha value is -1.81. The average Bonchev–Trinajstić information content (AvgIpc) is 2.86. The molecule has 0 saturated carbocycles. The standard InChI is InChI=1S/C14H13ClFN3/c1-9-14(15)13(18(2)17-9)8-19-6-5-10-7-11(16)3-4-12(10)19/h3-7H,8H2,1-2H3. The van der Waals surface area contributed by atoms with E-state index in [-0.39, 0.29) is 5.82 Å². The number of benzene rings is 1. The first kappa shape index (κ1) is 12.2. The number of halogens is 2. The third kappa shape index (κ3) is 2.02. The summed E-state index contributed by atoms with van der Waals surface area (Å²) in [6.45, 7) is 2.50. The Morgan fingerprint density at radius 3 is 2.79 bits per heavy atom. The van der Waals surface area contributed by atoms with Crippen LogP contribution in [0.2, 0.25) is 5.02 Å². The van der Waals surface area contributed by atoms with Crippen LogP contribution in [0.3, 0.4) is 0 Å². The molecule has 0 aliphatic carbocycles. The van der Waals surface area contributed by atoms with Crippen LogP contribution in [0.5, 0.6) is 0 Å². The highest BCUT2D eigenvalue weighted by molar-refractivity contribution is 6.31. The second kappa shape index (κ2) is 4.38. The van der Waals surface area contributed by atoms with Gasteiger partial charge in [0.15, 0.2) is 0 Å². The predicted octanol–water partition coefficient (Wildman–Crippen LogP) is 3.52. The van der Waals surface area contributed by atoms with Gasteiger partial charge in [-0.1, -0.05) is 11.6 Å². The third-order valence-corrected chi connectivity index (χ3v) is 3.81. The molecule has 5 heteroatoms. The van der Waals surface area contributed by atoms with Crippen LogP contribution in [0.1, 0.15) is 11.4 Å². The highest BCUT2D eigenvalue weighted by atomic mass is 35.5. The Balaban J connectivity index is 2.06. The topological polar surface area (TPSA) is 22.8 Å². The monoisotopic (exact) mass is 277 g/mol. The molecule has 3 aromatic rings. The van der Waals surface area contributed by atoms with E-state index < -0.39 is 0 Å². The van der Waals surface area contributed by atoms with Crippen LogP contribution < -0.4 is 0 Å². The molecule has 98 valence electrons. The summed E-state index contributed by atoms with van der Waals surface area (Å²) < 4.78 is 17.0. The molecule has 2 heterocycles. The van der Waals surface area contributed by atoms with Gasteiger partial charge in [0.1, 0.15) is 5.82 Å². The minimum absolute atomic E-state index is 0.223. The van der Waals surface area contributed by atoms with Crippen LogP contribution in [0.15, 0.2) is 30.5 Å². The zero-order valence-corrected chi connectivity index (χ0v) is 11.4. The lowest BCUT2D eigenvalue weighted by atomic mass is 10.2. The number of fused-ring (bicyclic) bond motifs is 1. The van der Waals surface area contributed by atoms with Gasteiger partial charge in [0, 0.05) is 24.1 Å². The molecule has 1 aromatic carbocycles. The van der Waals surface area contributed by atoms with Crippen molar-refractivity contribution < 1.29 is 4.39 Å². The fourth-order valence-corrected chi connectivity index (χ4v) is 2.54. The largest absolute Gasteiger partial charge is 0.341 e. The van der Waals surface area contributed by atoms with Gasteiger partial charge in [-0.25, -0.2) is 4.39 Å². The smallest absolute Gasteiger partial charge is 0.123 e. The van der Waals surface area contributed by atoms with Crippen LogP contribution in [-0.4, -0.2) is 14.3 Å². The molecular formula is C14H13ClFN3. The lowest BCUT2D eigenvalue weighted by molar-refractivity contribution is 0.629. The maximum Gasteiger partial charge on any atom is 0.123 e. The molecule has 0 N–H and O–H groups in total. The normalized spacial score (nSPS) is 11.4. The number of aryl methyl sites for hydroxylation is 2. The van der Waals surface area contributed by atoms with Gasteiger partial charge in [-0.05, 0) is 31.2 Å². The molecule has 0 radical (unpaired) electrons. The molecule has 0 aliphatic heterocycles. The summed E-state index contributed by atoms with van der Waals surface area (Å²) in [6.07, 6.45) is 1.93. The minimum atomic E-state index is -0.223. The maximum atomic E-state index is 13.2. The van der Waals surface area contributed by atoms with E-state index in [0.717, 1.165) is 22.3 Å². The fraction of sp³-hybridized carbons (Fsp3) is 0.214. The summed E-state index contributed by atoms with van der Waals surface area (Å²) in [4.78, 5) is 0. The van der Waals surface area contributed by atoms with Gasteiger partial charge in [-0.3, -0.25) is 4.68 Å². The summed E-state index contributed by atoms with van der Waals surface area (Å²) in [5.74, 6) is -0.223. The molecule has 0 spiro atoms. The van der Waals surface area contributed by atoms with E-state index in [2.05, 4.69) is 5.10 Å². The predicted molar refractivity (Wildman–Crippen MR) is 74.0 cm³/mol. The van der Waals surface area contributed by atoms with E-state index in [1.807, 2.05) is 30.8 Å². The van der Waals surface area contributed by atoms with Crippen molar-refractivity contribution >= 4 is 22.5 Å². The van der Waals surface area contributed by atoms with Crippen molar-refractivity contribution in [3.63, 3.8) is 0 Å². The first-order valence-corrected chi connectivity index (χ1v) is 6.36. The molecule has 19 heavy (non-hydrogen) atoms. The summed E-state index contributed by atoms with van der Waals surface area (Å²) in [5.41, 5.74) is 2.75. The molecule has 0 unspecified atom stereocenters. The van der Waals surface area contributed by atoms with Crippen molar-refractivity contribution in [2.24, 2.45) is 7.05 Å². The first-order valence-electron chi connectivity index (χ1n) is 5.98. The minimum Gasteiger partial charge on any atom is -0.341 e. The Labute approximate surface area is 115 Å². The molecule has 3 rings (SSSR count). The van der Waals surface area contributed by atoms with E-state index in [0.29, 0.717) is 11.6 Å². The number of nitrogens with zero attached hydrogens (tertiary/aromatic N) is 3. The third-order valence-electron chi connectivity index (χ3n) is 3.31. The number of hydrogen-bond donors (Lipinski definition) is 0. The quantitative estimate of drug-likeness (QED) is 0.703. The summed E-state index contributed by atoms with van der Waals surface area (Å²) in [7, 11) is 1.87. The zero-order valence-electron chi connectivity index (χ0n) is 10.7. The van der Waals surface area contributed by atoms with Crippen molar-refractivity contribution in [2.75, 3.05) is 0 Å². The SMILES string of the molecule is Cc1nn(C)c(Cn2ccc3cc(F)ccc32)c1Cl. The molecule has 3 nitrogen and oxygen atoms in total. The van der Waals surface area contributed by atoms with Crippen LogP contribution >= 0.6 is 11.6 Å². The number of hydrogen-bond acceptors (Lipinski definition) is 1. The first-order chi connectivity index (χ1) is 9.06. The van der Waals surface area contributed by atoms with Crippen LogP contribution in [0.4, 0.5) is 4.39 Å². The second-order valence-corrected chi connectivity index (χ2v) is 4.99. The van der Waals surface area contributed by atoms with Gasteiger partial charge in [-0.2, -0.15) is 5.10 Å². The molecule has 0 amide bonds. The highest BCUT2D eigenvalue weighted by Crippen LogP contribution is 2.23. The van der Waals surface area contributed by atoms with Gasteiger partial charge in [0.2, 0.25) is 0 Å². The van der Waals surface area contributed by atoms with E-state index in [1.54, 1.807) is 10.7 Å². The molecule has 0 saturated heterocycles. The van der Waals surface area contributed by atoms with Gasteiger partial charge in [0.25, 0.3) is 0 Å². The molecule has 0 atom stereocenters. The van der Waals surface area contributed by atoms with E-state index in [9.17, 15) is 4.39 Å². The van der Waals surface area contributed by atoms with E-state index >= 15 is 0 Å². The van der Waals surface area contributed by atoms with Crippen LogP contribution in [-0.2, 0) is 13.6 Å². The van der Waals surface area contributed by atoms with Gasteiger partial charge < -0.3 is 4.57 Å². The Kier molecular flexibility index (Phi) is 2.82. The van der Waals surface area contributed by atoms with Crippen LogP contribution in [0, 0.1) is 12.7 Å². The van der Waals surface area contributed by atoms with E-state index in [4.69, 9.17) is 11.6 Å². The number of rotatable bonds is 2. The lowest BCUT2D eigenvalue weighted by Gasteiger charge is -2.06. The Morgan fingerprint density at radius 1 is 1.32 bits per heavy atom. The molecule has 2 aromatic heterocycles. The molecule has 0 aliphatic rings. The molecule has 0 fully saturated rings. The summed E-state index contributed by atoms with van der Waals surface area (Å²) in [5, 5.41) is 5.87. The number of aromatic nitrogens is 3.